The Hall–Kier alpha value is -1.35. The smallest absolute Gasteiger partial charge is 0.251 e. The maximum absolute atomic E-state index is 12.1. The van der Waals surface area contributed by atoms with Gasteiger partial charge in [-0.1, -0.05) is 30.5 Å². The molecular weight excluding hydrogens is 236 g/mol. The average Bonchev–Trinajstić information content (AvgIpc) is 2.45. The van der Waals surface area contributed by atoms with E-state index in [4.69, 9.17) is 5.73 Å². The van der Waals surface area contributed by atoms with Crippen molar-refractivity contribution in [3.63, 3.8) is 0 Å². The van der Waals surface area contributed by atoms with Gasteiger partial charge in [-0.15, -0.1) is 0 Å². The summed E-state index contributed by atoms with van der Waals surface area (Å²) in [5.41, 5.74) is 7.73. The van der Waals surface area contributed by atoms with E-state index in [0.717, 1.165) is 18.7 Å². The number of nitrogens with one attached hydrogen (secondary N) is 1. The summed E-state index contributed by atoms with van der Waals surface area (Å²) < 4.78 is 0. The van der Waals surface area contributed by atoms with Crippen LogP contribution in [0.15, 0.2) is 24.3 Å². The lowest BCUT2D eigenvalue weighted by atomic mass is 9.79. The van der Waals surface area contributed by atoms with Gasteiger partial charge in [-0.2, -0.15) is 0 Å². The van der Waals surface area contributed by atoms with Gasteiger partial charge in [0.25, 0.3) is 5.91 Å². The van der Waals surface area contributed by atoms with Gasteiger partial charge in [0.05, 0.1) is 0 Å². The van der Waals surface area contributed by atoms with Crippen LogP contribution in [0.5, 0.6) is 0 Å². The van der Waals surface area contributed by atoms with Crippen molar-refractivity contribution in [2.24, 2.45) is 17.6 Å². The zero-order valence-corrected chi connectivity index (χ0v) is 11.7. The van der Waals surface area contributed by atoms with Crippen LogP contribution in [0.3, 0.4) is 0 Å². The molecule has 0 heterocycles. The molecule has 0 radical (unpaired) electrons. The molecule has 1 aromatic carbocycles. The summed E-state index contributed by atoms with van der Waals surface area (Å²) in [4.78, 5) is 12.1. The Kier molecular flexibility index (Phi) is 4.97. The van der Waals surface area contributed by atoms with Crippen molar-refractivity contribution in [3.05, 3.63) is 35.4 Å². The standard InChI is InChI=1S/C16H24N2O/c1-12-6-8-13(9-7-12)16(19)18-11-15-5-3-2-4-14(15)10-17/h6-9,14-15H,2-5,10-11,17H2,1H3,(H,18,19). The minimum Gasteiger partial charge on any atom is -0.352 e. The highest BCUT2D eigenvalue weighted by Gasteiger charge is 2.24. The number of carbonyl (C=O) groups excluding carboxylic acids is 1. The number of rotatable bonds is 4. The zero-order chi connectivity index (χ0) is 13.7. The normalized spacial score (nSPS) is 23.1. The van der Waals surface area contributed by atoms with Gasteiger partial charge in [0.15, 0.2) is 0 Å². The van der Waals surface area contributed by atoms with E-state index in [-0.39, 0.29) is 5.91 Å². The molecule has 104 valence electrons. The van der Waals surface area contributed by atoms with Gasteiger partial charge in [-0.05, 0) is 50.3 Å². The molecule has 0 aromatic heterocycles. The molecule has 1 aliphatic carbocycles. The van der Waals surface area contributed by atoms with E-state index in [0.29, 0.717) is 11.8 Å². The lowest BCUT2D eigenvalue weighted by molar-refractivity contribution is 0.0935. The summed E-state index contributed by atoms with van der Waals surface area (Å²) in [7, 11) is 0. The van der Waals surface area contributed by atoms with Crippen molar-refractivity contribution in [1.29, 1.82) is 0 Å². The van der Waals surface area contributed by atoms with E-state index in [2.05, 4.69) is 5.32 Å². The first-order valence-corrected chi connectivity index (χ1v) is 7.25. The number of hydrogen-bond acceptors (Lipinski definition) is 2. The summed E-state index contributed by atoms with van der Waals surface area (Å²) in [6.07, 6.45) is 4.95. The van der Waals surface area contributed by atoms with Crippen LogP contribution >= 0.6 is 0 Å². The topological polar surface area (TPSA) is 55.1 Å². The molecule has 3 N–H and O–H groups in total. The number of hydrogen-bond donors (Lipinski definition) is 2. The molecule has 19 heavy (non-hydrogen) atoms. The molecule has 1 amide bonds. The predicted molar refractivity (Wildman–Crippen MR) is 78.0 cm³/mol. The van der Waals surface area contributed by atoms with Gasteiger partial charge in [0, 0.05) is 12.1 Å². The summed E-state index contributed by atoms with van der Waals surface area (Å²) >= 11 is 0. The molecule has 0 spiro atoms. The van der Waals surface area contributed by atoms with Crippen molar-refractivity contribution in [1.82, 2.24) is 5.32 Å². The second-order valence-electron chi connectivity index (χ2n) is 5.62. The Morgan fingerprint density at radius 3 is 2.47 bits per heavy atom. The molecule has 2 unspecified atom stereocenters. The predicted octanol–water partition coefficient (Wildman–Crippen LogP) is 2.49. The molecule has 0 aliphatic heterocycles. The fourth-order valence-corrected chi connectivity index (χ4v) is 2.89. The van der Waals surface area contributed by atoms with Gasteiger partial charge in [0.2, 0.25) is 0 Å². The van der Waals surface area contributed by atoms with Gasteiger partial charge in [-0.3, -0.25) is 4.79 Å². The van der Waals surface area contributed by atoms with Gasteiger partial charge in [-0.25, -0.2) is 0 Å². The minimum absolute atomic E-state index is 0.0290. The lowest BCUT2D eigenvalue weighted by Gasteiger charge is -2.30. The fraction of sp³-hybridized carbons (Fsp3) is 0.562. The molecule has 3 nitrogen and oxygen atoms in total. The van der Waals surface area contributed by atoms with Crippen molar-refractivity contribution < 1.29 is 4.79 Å². The molecule has 0 bridgehead atoms. The number of aryl methyl sites for hydroxylation is 1. The second kappa shape index (κ2) is 6.71. The number of amides is 1. The van der Waals surface area contributed by atoms with E-state index in [1.165, 1.54) is 31.2 Å². The Balaban J connectivity index is 1.87. The third-order valence-electron chi connectivity index (χ3n) is 4.21. The van der Waals surface area contributed by atoms with Crippen LogP contribution < -0.4 is 11.1 Å². The first-order chi connectivity index (χ1) is 9.20. The average molecular weight is 260 g/mol. The molecule has 2 atom stereocenters. The van der Waals surface area contributed by atoms with Crippen LogP contribution in [-0.4, -0.2) is 19.0 Å². The molecule has 2 rings (SSSR count). The van der Waals surface area contributed by atoms with Gasteiger partial charge in [0.1, 0.15) is 0 Å². The van der Waals surface area contributed by atoms with Crippen molar-refractivity contribution in [3.8, 4) is 0 Å². The molecule has 1 saturated carbocycles. The van der Waals surface area contributed by atoms with Crippen molar-refractivity contribution in [2.45, 2.75) is 32.6 Å². The number of nitrogens with two attached hydrogens (primary N) is 1. The van der Waals surface area contributed by atoms with Crippen LogP contribution in [-0.2, 0) is 0 Å². The third kappa shape index (κ3) is 3.80. The van der Waals surface area contributed by atoms with Crippen molar-refractivity contribution in [2.75, 3.05) is 13.1 Å². The molecule has 3 heteroatoms. The minimum atomic E-state index is 0.0290. The molecule has 0 saturated heterocycles. The summed E-state index contributed by atoms with van der Waals surface area (Å²) in [5.74, 6) is 1.15. The highest BCUT2D eigenvalue weighted by molar-refractivity contribution is 5.94. The number of carbonyl (C=O) groups is 1. The monoisotopic (exact) mass is 260 g/mol. The molecular formula is C16H24N2O. The Morgan fingerprint density at radius 2 is 1.84 bits per heavy atom. The van der Waals surface area contributed by atoms with Crippen LogP contribution in [0.1, 0.15) is 41.6 Å². The Morgan fingerprint density at radius 1 is 1.21 bits per heavy atom. The Labute approximate surface area is 115 Å². The summed E-state index contributed by atoms with van der Waals surface area (Å²) in [6, 6.07) is 7.70. The largest absolute Gasteiger partial charge is 0.352 e. The molecule has 1 aliphatic rings. The van der Waals surface area contributed by atoms with E-state index in [1.54, 1.807) is 0 Å². The first kappa shape index (κ1) is 14.1. The van der Waals surface area contributed by atoms with E-state index < -0.39 is 0 Å². The highest BCUT2D eigenvalue weighted by atomic mass is 16.1. The van der Waals surface area contributed by atoms with Gasteiger partial charge < -0.3 is 11.1 Å². The lowest BCUT2D eigenvalue weighted by Crippen LogP contribution is -2.36. The first-order valence-electron chi connectivity index (χ1n) is 7.25. The molecule has 1 aromatic rings. The van der Waals surface area contributed by atoms with Crippen LogP contribution in [0, 0.1) is 18.8 Å². The molecule has 1 fully saturated rings. The second-order valence-corrected chi connectivity index (χ2v) is 5.62. The third-order valence-corrected chi connectivity index (χ3v) is 4.21. The van der Waals surface area contributed by atoms with E-state index in [1.807, 2.05) is 31.2 Å². The van der Waals surface area contributed by atoms with Gasteiger partial charge >= 0.3 is 0 Å². The fourth-order valence-electron chi connectivity index (χ4n) is 2.89. The van der Waals surface area contributed by atoms with Crippen molar-refractivity contribution >= 4 is 5.91 Å². The SMILES string of the molecule is Cc1ccc(C(=O)NCC2CCCCC2CN)cc1. The van der Waals surface area contributed by atoms with E-state index >= 15 is 0 Å². The maximum atomic E-state index is 12.1. The maximum Gasteiger partial charge on any atom is 0.251 e. The van der Waals surface area contributed by atoms with Crippen LogP contribution in [0.2, 0.25) is 0 Å². The van der Waals surface area contributed by atoms with Crippen LogP contribution in [0.25, 0.3) is 0 Å². The summed E-state index contributed by atoms with van der Waals surface area (Å²) in [5, 5.41) is 3.06. The Bertz CT molecular complexity index is 413. The highest BCUT2D eigenvalue weighted by Crippen LogP contribution is 2.28. The number of benzene rings is 1. The van der Waals surface area contributed by atoms with E-state index in [9.17, 15) is 4.79 Å². The quantitative estimate of drug-likeness (QED) is 0.874. The zero-order valence-electron chi connectivity index (χ0n) is 11.7. The van der Waals surface area contributed by atoms with Crippen LogP contribution in [0.4, 0.5) is 0 Å². The summed E-state index contributed by atoms with van der Waals surface area (Å²) in [6.45, 7) is 3.52.